The number of methoxy groups -OCH3 is 1. The Morgan fingerprint density at radius 3 is 2.19 bits per heavy atom. The van der Waals surface area contributed by atoms with Gasteiger partial charge in [-0.15, -0.1) is 0 Å². The molecule has 4 saturated carbocycles. The van der Waals surface area contributed by atoms with Crippen molar-refractivity contribution < 1.29 is 33.8 Å². The molecule has 10 nitrogen and oxygen atoms in total. The molecule has 0 aromatic heterocycles. The number of aliphatic carboxylic acids is 1. The van der Waals surface area contributed by atoms with E-state index in [9.17, 15) is 24.3 Å². The second-order valence-electron chi connectivity index (χ2n) is 11.3. The van der Waals surface area contributed by atoms with Gasteiger partial charge in [0.1, 0.15) is 11.8 Å². The molecule has 200 valence electrons. The van der Waals surface area contributed by atoms with Crippen LogP contribution in [0.5, 0.6) is 5.75 Å². The number of carbonyl (C=O) groups is 4. The number of anilines is 1. The van der Waals surface area contributed by atoms with E-state index in [4.69, 9.17) is 9.47 Å². The number of hydrogen-bond donors (Lipinski definition) is 2. The lowest BCUT2D eigenvalue weighted by molar-refractivity contribution is -0.181. The summed E-state index contributed by atoms with van der Waals surface area (Å²) in [6.45, 7) is 4.03. The summed E-state index contributed by atoms with van der Waals surface area (Å²) in [5.74, 6) is -0.809. The van der Waals surface area contributed by atoms with Crippen molar-refractivity contribution in [1.82, 2.24) is 10.2 Å². The number of piperazine rings is 1. The highest BCUT2D eigenvalue weighted by molar-refractivity contribution is 6.03. The topological polar surface area (TPSA) is 125 Å². The third-order valence-corrected chi connectivity index (χ3v) is 8.79. The Kier molecular flexibility index (Phi) is 6.64. The van der Waals surface area contributed by atoms with E-state index in [1.165, 1.54) is 18.9 Å². The molecule has 1 aromatic rings. The Hall–Kier alpha value is -3.14. The fourth-order valence-electron chi connectivity index (χ4n) is 7.54. The third-order valence-electron chi connectivity index (χ3n) is 8.79. The first-order chi connectivity index (χ1) is 17.7. The lowest BCUT2D eigenvalue weighted by atomic mass is 9.44. The van der Waals surface area contributed by atoms with Crippen LogP contribution in [0, 0.1) is 22.7 Å². The molecule has 2 amide bonds. The summed E-state index contributed by atoms with van der Waals surface area (Å²) in [6, 6.07) is 5.30. The number of hydrogen-bond acceptors (Lipinski definition) is 7. The van der Waals surface area contributed by atoms with Gasteiger partial charge in [0, 0.05) is 31.9 Å². The lowest BCUT2D eigenvalue weighted by Gasteiger charge is -2.60. The largest absolute Gasteiger partial charge is 0.480 e. The van der Waals surface area contributed by atoms with E-state index in [1.54, 1.807) is 29.2 Å². The van der Waals surface area contributed by atoms with Gasteiger partial charge in [-0.25, -0.2) is 9.59 Å². The minimum atomic E-state index is -1.12. The van der Waals surface area contributed by atoms with Crippen LogP contribution in [0.3, 0.4) is 0 Å². The summed E-state index contributed by atoms with van der Waals surface area (Å²) in [5.41, 5.74) is -1.05. The number of nitrogens with zero attached hydrogens (tertiary/aromatic N) is 2. The van der Waals surface area contributed by atoms with Crippen molar-refractivity contribution in [2.45, 2.75) is 51.5 Å². The summed E-state index contributed by atoms with van der Waals surface area (Å²) in [5, 5.41) is 13.1. The van der Waals surface area contributed by atoms with Crippen LogP contribution in [-0.2, 0) is 19.1 Å². The van der Waals surface area contributed by atoms with Crippen LogP contribution in [0.1, 0.15) is 45.4 Å². The normalized spacial score (nSPS) is 30.9. The molecule has 0 spiro atoms. The zero-order valence-corrected chi connectivity index (χ0v) is 21.4. The van der Waals surface area contributed by atoms with Crippen LogP contribution in [0.2, 0.25) is 0 Å². The van der Waals surface area contributed by atoms with Crippen molar-refractivity contribution in [3.05, 3.63) is 24.3 Å². The molecule has 10 heteroatoms. The van der Waals surface area contributed by atoms with Crippen molar-refractivity contribution in [2.75, 3.05) is 38.2 Å². The van der Waals surface area contributed by atoms with Crippen LogP contribution in [0.25, 0.3) is 0 Å². The van der Waals surface area contributed by atoms with Gasteiger partial charge in [0.2, 0.25) is 5.91 Å². The number of rotatable bonds is 6. The van der Waals surface area contributed by atoms with Crippen LogP contribution < -0.4 is 15.0 Å². The smallest absolute Gasteiger partial charge is 0.415 e. The number of ether oxygens (including phenoxy) is 2. The van der Waals surface area contributed by atoms with E-state index < -0.39 is 28.9 Å². The van der Waals surface area contributed by atoms with E-state index in [0.717, 1.165) is 19.3 Å². The van der Waals surface area contributed by atoms with Gasteiger partial charge in [-0.3, -0.25) is 14.5 Å². The van der Waals surface area contributed by atoms with Crippen LogP contribution in [0.4, 0.5) is 10.5 Å². The standard InChI is InChI=1S/C27H35N3O7/c1-17(22(31)32)30(20-3-5-21(6-4-20)37-25(35)29-9-7-28-8-10-29)23(33)26-12-18-11-19(13-26)15-27(14-18,16-26)24(34)36-2/h3-6,17-19,28H,7-16H2,1-2H3,(H,31,32)/t17-,18?,19?,26?,27?/m0/s1. The number of esters is 1. The van der Waals surface area contributed by atoms with E-state index in [1.807, 2.05) is 0 Å². The Morgan fingerprint density at radius 2 is 1.62 bits per heavy atom. The molecule has 2 N–H and O–H groups in total. The van der Waals surface area contributed by atoms with E-state index in [0.29, 0.717) is 56.9 Å². The van der Waals surface area contributed by atoms with Crippen LogP contribution >= 0.6 is 0 Å². The molecule has 5 aliphatic rings. The monoisotopic (exact) mass is 513 g/mol. The predicted molar refractivity (Wildman–Crippen MR) is 133 cm³/mol. The number of amides is 2. The molecule has 1 heterocycles. The Balaban J connectivity index is 1.40. The molecule has 6 rings (SSSR count). The van der Waals surface area contributed by atoms with Gasteiger partial charge < -0.3 is 24.8 Å². The molecule has 4 aliphatic carbocycles. The van der Waals surface area contributed by atoms with Gasteiger partial charge in [0.05, 0.1) is 17.9 Å². The second kappa shape index (κ2) is 9.63. The van der Waals surface area contributed by atoms with Crippen molar-refractivity contribution in [2.24, 2.45) is 22.7 Å². The Morgan fingerprint density at radius 1 is 1.03 bits per heavy atom. The molecule has 1 saturated heterocycles. The number of carboxylic acid groups (broad SMARTS) is 1. The molecule has 1 aliphatic heterocycles. The van der Waals surface area contributed by atoms with Gasteiger partial charge in [-0.05, 0) is 81.5 Å². The van der Waals surface area contributed by atoms with E-state index in [-0.39, 0.29) is 23.7 Å². The molecule has 2 unspecified atom stereocenters. The summed E-state index contributed by atoms with van der Waals surface area (Å²) in [4.78, 5) is 54.7. The third kappa shape index (κ3) is 4.56. The zero-order chi connectivity index (χ0) is 26.4. The molecular weight excluding hydrogens is 478 g/mol. The summed E-state index contributed by atoms with van der Waals surface area (Å²) >= 11 is 0. The average molecular weight is 514 g/mol. The lowest BCUT2D eigenvalue weighted by Crippen LogP contribution is -2.62. The molecule has 3 atom stereocenters. The number of nitrogens with one attached hydrogen (secondary N) is 1. The molecular formula is C27H35N3O7. The summed E-state index contributed by atoms with van der Waals surface area (Å²) in [7, 11) is 1.39. The number of carbonyl (C=O) groups excluding carboxylic acids is 3. The zero-order valence-electron chi connectivity index (χ0n) is 21.4. The van der Waals surface area contributed by atoms with E-state index >= 15 is 0 Å². The fourth-order valence-corrected chi connectivity index (χ4v) is 7.54. The van der Waals surface area contributed by atoms with Crippen molar-refractivity contribution in [3.8, 4) is 5.75 Å². The first-order valence-electron chi connectivity index (χ1n) is 13.1. The fraction of sp³-hybridized carbons (Fsp3) is 0.630. The van der Waals surface area contributed by atoms with Crippen molar-refractivity contribution in [1.29, 1.82) is 0 Å². The minimum absolute atomic E-state index is 0.248. The highest BCUT2D eigenvalue weighted by atomic mass is 16.6. The van der Waals surface area contributed by atoms with Gasteiger partial charge in [0.25, 0.3) is 0 Å². The van der Waals surface area contributed by atoms with Gasteiger partial charge in [0.15, 0.2) is 0 Å². The highest BCUT2D eigenvalue weighted by Crippen LogP contribution is 2.66. The first kappa shape index (κ1) is 25.5. The number of carboxylic acids is 1. The first-order valence-corrected chi connectivity index (χ1v) is 13.1. The second-order valence-corrected chi connectivity index (χ2v) is 11.3. The van der Waals surface area contributed by atoms with Crippen LogP contribution in [-0.4, -0.2) is 73.3 Å². The SMILES string of the molecule is COC(=O)C12CC3CC(C1)CC(C(=O)N(c1ccc(OC(=O)N4CCNCC4)cc1)[C@@H](C)C(=O)O)(C3)C2. The maximum Gasteiger partial charge on any atom is 0.415 e. The van der Waals surface area contributed by atoms with Crippen LogP contribution in [0.15, 0.2) is 24.3 Å². The summed E-state index contributed by atoms with van der Waals surface area (Å²) < 4.78 is 10.7. The summed E-state index contributed by atoms with van der Waals surface area (Å²) in [6.07, 6.45) is 3.72. The Labute approximate surface area is 216 Å². The number of benzene rings is 1. The minimum Gasteiger partial charge on any atom is -0.480 e. The van der Waals surface area contributed by atoms with Gasteiger partial charge in [-0.1, -0.05) is 0 Å². The maximum atomic E-state index is 14.3. The molecule has 5 fully saturated rings. The molecule has 0 radical (unpaired) electrons. The molecule has 4 bridgehead atoms. The maximum absolute atomic E-state index is 14.3. The van der Waals surface area contributed by atoms with Crippen molar-refractivity contribution in [3.63, 3.8) is 0 Å². The average Bonchev–Trinajstić information content (AvgIpc) is 2.88. The van der Waals surface area contributed by atoms with Crippen molar-refractivity contribution >= 4 is 29.6 Å². The van der Waals surface area contributed by atoms with Gasteiger partial charge in [-0.2, -0.15) is 0 Å². The van der Waals surface area contributed by atoms with Gasteiger partial charge >= 0.3 is 18.0 Å². The highest BCUT2D eigenvalue weighted by Gasteiger charge is 2.64. The predicted octanol–water partition coefficient (Wildman–Crippen LogP) is 2.66. The van der Waals surface area contributed by atoms with E-state index in [2.05, 4.69) is 5.32 Å². The quantitative estimate of drug-likeness (QED) is 0.556. The molecule has 1 aromatic carbocycles. The Bertz CT molecular complexity index is 1070. The molecule has 37 heavy (non-hydrogen) atoms.